The van der Waals surface area contributed by atoms with Crippen molar-refractivity contribution in [3.8, 4) is 0 Å². The van der Waals surface area contributed by atoms with Crippen LogP contribution in [0.25, 0.3) is 4.91 Å². The molecule has 0 fully saturated rings. The molecule has 3 N–H and O–H groups in total. The van der Waals surface area contributed by atoms with Gasteiger partial charge in [0.05, 0.1) is 23.7 Å². The van der Waals surface area contributed by atoms with Gasteiger partial charge in [-0.2, -0.15) is 0 Å². The number of nitrogens with one attached hydrogen (secondary N) is 3. The van der Waals surface area contributed by atoms with Crippen LogP contribution in [0.3, 0.4) is 0 Å². The summed E-state index contributed by atoms with van der Waals surface area (Å²) in [5.41, 5.74) is 1.80. The molecule has 0 spiro atoms. The van der Waals surface area contributed by atoms with E-state index in [2.05, 4.69) is 25.9 Å². The molecule has 10 heteroatoms. The van der Waals surface area contributed by atoms with Crippen molar-refractivity contribution in [1.82, 2.24) is 25.5 Å². The Morgan fingerprint density at radius 1 is 1.31 bits per heavy atom. The van der Waals surface area contributed by atoms with Crippen LogP contribution in [0.2, 0.25) is 0 Å². The summed E-state index contributed by atoms with van der Waals surface area (Å²) in [5, 5.41) is 8.32. The third-order valence-electron chi connectivity index (χ3n) is 3.99. The second kappa shape index (κ2) is 9.73. The predicted octanol–water partition coefficient (Wildman–Crippen LogP) is 2.26. The molecule has 0 aromatic carbocycles. The van der Waals surface area contributed by atoms with Gasteiger partial charge in [0.1, 0.15) is 17.1 Å². The van der Waals surface area contributed by atoms with Crippen molar-refractivity contribution < 1.29 is 9.59 Å². The summed E-state index contributed by atoms with van der Waals surface area (Å²) in [4.78, 5) is 34.3. The first-order valence-corrected chi connectivity index (χ1v) is 10.1. The normalized spacial score (nSPS) is 15.6. The second-order valence-corrected chi connectivity index (χ2v) is 7.99. The number of amides is 1. The van der Waals surface area contributed by atoms with Gasteiger partial charge in [0.2, 0.25) is 11.1 Å². The zero-order valence-electron chi connectivity index (χ0n) is 16.0. The van der Waals surface area contributed by atoms with E-state index in [9.17, 15) is 9.59 Å². The van der Waals surface area contributed by atoms with Crippen LogP contribution in [0.15, 0.2) is 42.7 Å². The van der Waals surface area contributed by atoms with Gasteiger partial charge in [-0.3, -0.25) is 14.5 Å². The lowest BCUT2D eigenvalue weighted by Crippen LogP contribution is -2.43. The van der Waals surface area contributed by atoms with E-state index in [1.165, 1.54) is 0 Å². The quantitative estimate of drug-likeness (QED) is 0.546. The molecule has 8 nitrogen and oxygen atoms in total. The van der Waals surface area contributed by atoms with E-state index in [1.54, 1.807) is 18.0 Å². The molecule has 3 heterocycles. The summed E-state index contributed by atoms with van der Waals surface area (Å²) in [6, 6.07) is 9.62. The summed E-state index contributed by atoms with van der Waals surface area (Å²) >= 11 is 6.79. The van der Waals surface area contributed by atoms with E-state index >= 15 is 0 Å². The first-order valence-electron chi connectivity index (χ1n) is 8.86. The number of aromatic nitrogens is 2. The lowest BCUT2D eigenvalue weighted by atomic mass is 10.3. The Hall–Kier alpha value is -2.62. The maximum Gasteiger partial charge on any atom is 0.240 e. The molecule has 152 valence electrons. The van der Waals surface area contributed by atoms with E-state index in [0.717, 1.165) is 22.0 Å². The molecular weight excluding hydrogens is 412 g/mol. The molecule has 2 aromatic rings. The van der Waals surface area contributed by atoms with Crippen LogP contribution in [0, 0.1) is 6.92 Å². The van der Waals surface area contributed by atoms with Gasteiger partial charge < -0.3 is 16.0 Å². The van der Waals surface area contributed by atoms with Gasteiger partial charge >= 0.3 is 0 Å². The van der Waals surface area contributed by atoms with Crippen molar-refractivity contribution in [2.45, 2.75) is 12.4 Å². The molecule has 1 amide bonds. The number of halogens is 1. The van der Waals surface area contributed by atoms with Crippen LogP contribution in [-0.4, -0.2) is 51.7 Å². The van der Waals surface area contributed by atoms with Gasteiger partial charge in [-0.1, -0.05) is 17.8 Å². The fourth-order valence-corrected chi connectivity index (χ4v) is 3.67. The van der Waals surface area contributed by atoms with Crippen LogP contribution in [0.1, 0.15) is 11.3 Å². The zero-order chi connectivity index (χ0) is 20.8. The molecule has 0 saturated heterocycles. The van der Waals surface area contributed by atoms with Crippen molar-refractivity contribution in [2.75, 3.05) is 25.5 Å². The molecule has 1 atom stereocenters. The number of likely N-dealkylation sites (N-methyl/N-ethyl adjacent to an activating group) is 1. The van der Waals surface area contributed by atoms with Crippen LogP contribution < -0.4 is 16.0 Å². The monoisotopic (exact) mass is 432 g/mol. The Bertz CT molecular complexity index is 938. The highest BCUT2D eigenvalue weighted by Gasteiger charge is 2.24. The molecule has 2 aromatic heterocycles. The Labute approximate surface area is 178 Å². The highest BCUT2D eigenvalue weighted by molar-refractivity contribution is 8.09. The van der Waals surface area contributed by atoms with E-state index in [4.69, 9.17) is 11.6 Å². The van der Waals surface area contributed by atoms with Gasteiger partial charge in [-0.05, 0) is 55.4 Å². The SMILES string of the molecule is Cc1ccnc(Nc2cccc(C3=CNC(N(C)CC(=O)NCC(=O)Cl)S3)n2)c1. The van der Waals surface area contributed by atoms with Gasteiger partial charge in [0, 0.05) is 12.4 Å². The van der Waals surface area contributed by atoms with Crippen molar-refractivity contribution >= 4 is 51.1 Å². The number of hydrogen-bond acceptors (Lipinski definition) is 8. The highest BCUT2D eigenvalue weighted by Crippen LogP contribution is 2.34. The Morgan fingerprint density at radius 3 is 2.90 bits per heavy atom. The average Bonchev–Trinajstić information content (AvgIpc) is 3.17. The van der Waals surface area contributed by atoms with Crippen molar-refractivity contribution in [3.05, 3.63) is 54.0 Å². The summed E-state index contributed by atoms with van der Waals surface area (Å²) in [6.07, 6.45) is 3.63. The van der Waals surface area contributed by atoms with E-state index < -0.39 is 5.24 Å². The number of thioether (sulfide) groups is 1. The molecule has 29 heavy (non-hydrogen) atoms. The average molecular weight is 433 g/mol. The first-order chi connectivity index (χ1) is 13.9. The summed E-state index contributed by atoms with van der Waals surface area (Å²) in [7, 11) is 1.82. The molecule has 0 saturated carbocycles. The summed E-state index contributed by atoms with van der Waals surface area (Å²) < 4.78 is 0. The van der Waals surface area contributed by atoms with Gasteiger partial charge in [0.15, 0.2) is 0 Å². The number of rotatable bonds is 8. The van der Waals surface area contributed by atoms with Crippen LogP contribution >= 0.6 is 23.4 Å². The number of aryl methyl sites for hydroxylation is 1. The first kappa shape index (κ1) is 21.1. The van der Waals surface area contributed by atoms with Gasteiger partial charge in [0.25, 0.3) is 0 Å². The minimum atomic E-state index is -0.598. The Morgan fingerprint density at radius 2 is 2.14 bits per heavy atom. The lowest BCUT2D eigenvalue weighted by Gasteiger charge is -2.23. The van der Waals surface area contributed by atoms with Gasteiger partial charge in [-0.15, -0.1) is 0 Å². The fraction of sp³-hybridized carbons (Fsp3) is 0.263. The second-order valence-electron chi connectivity index (χ2n) is 6.44. The largest absolute Gasteiger partial charge is 0.366 e. The maximum absolute atomic E-state index is 11.9. The standard InChI is InChI=1S/C19H21ClN6O2S/c1-12-6-7-21-17(8-12)25-16-5-3-4-13(24-16)14-9-23-19(29-14)26(2)11-18(28)22-10-15(20)27/h3-9,19,23H,10-11H2,1-2H3,(H,22,28)(H,21,24,25). The van der Waals surface area contributed by atoms with Crippen molar-refractivity contribution in [2.24, 2.45) is 0 Å². The molecule has 1 aliphatic rings. The van der Waals surface area contributed by atoms with Crippen molar-refractivity contribution in [3.63, 3.8) is 0 Å². The lowest BCUT2D eigenvalue weighted by molar-refractivity contribution is -0.124. The van der Waals surface area contributed by atoms with E-state index in [-0.39, 0.29) is 24.5 Å². The summed E-state index contributed by atoms with van der Waals surface area (Å²) in [6.45, 7) is 1.96. The zero-order valence-corrected chi connectivity index (χ0v) is 17.5. The highest BCUT2D eigenvalue weighted by atomic mass is 35.5. The molecule has 1 unspecified atom stereocenters. The molecule has 1 aliphatic heterocycles. The minimum absolute atomic E-state index is 0.126. The number of carbonyl (C=O) groups is 2. The third kappa shape index (κ3) is 6.18. The number of pyridine rings is 2. The number of carbonyl (C=O) groups excluding carboxylic acids is 2. The minimum Gasteiger partial charge on any atom is -0.366 e. The van der Waals surface area contributed by atoms with Crippen LogP contribution in [0.4, 0.5) is 11.6 Å². The number of anilines is 2. The van der Waals surface area contributed by atoms with E-state index in [0.29, 0.717) is 5.82 Å². The molecule has 0 bridgehead atoms. The molecule has 0 aliphatic carbocycles. The smallest absolute Gasteiger partial charge is 0.240 e. The van der Waals surface area contributed by atoms with Crippen LogP contribution in [-0.2, 0) is 9.59 Å². The topological polar surface area (TPSA) is 99.3 Å². The third-order valence-corrected chi connectivity index (χ3v) is 5.42. The number of hydrogen-bond donors (Lipinski definition) is 3. The predicted molar refractivity (Wildman–Crippen MR) is 115 cm³/mol. The van der Waals surface area contributed by atoms with Gasteiger partial charge in [-0.25, -0.2) is 9.97 Å². The Balaban J connectivity index is 1.58. The molecule has 0 radical (unpaired) electrons. The van der Waals surface area contributed by atoms with Crippen molar-refractivity contribution in [1.29, 1.82) is 0 Å². The molecule has 3 rings (SSSR count). The fourth-order valence-electron chi connectivity index (χ4n) is 2.60. The number of nitrogens with zero attached hydrogens (tertiary/aromatic N) is 3. The van der Waals surface area contributed by atoms with Crippen LogP contribution in [0.5, 0.6) is 0 Å². The Kier molecular flexibility index (Phi) is 7.08. The molecular formula is C19H21ClN6O2S. The summed E-state index contributed by atoms with van der Waals surface area (Å²) in [5.74, 6) is 1.16. The maximum atomic E-state index is 11.9. The van der Waals surface area contributed by atoms with E-state index in [1.807, 2.05) is 55.4 Å².